The van der Waals surface area contributed by atoms with Crippen molar-refractivity contribution in [2.24, 2.45) is 5.92 Å². The Balaban J connectivity index is 1.93. The minimum absolute atomic E-state index is 0.0937. The van der Waals surface area contributed by atoms with Gasteiger partial charge in [-0.2, -0.15) is 0 Å². The van der Waals surface area contributed by atoms with Crippen LogP contribution in [0.4, 0.5) is 0 Å². The Hall–Kier alpha value is -0.610. The normalized spacial score (nSPS) is 20.5. The lowest BCUT2D eigenvalue weighted by Gasteiger charge is -2.08. The van der Waals surface area contributed by atoms with Crippen LogP contribution < -0.4 is 5.32 Å². The van der Waals surface area contributed by atoms with Crippen molar-refractivity contribution in [1.29, 1.82) is 0 Å². The smallest absolute Gasteiger partial charge is 0.306 e. The summed E-state index contributed by atoms with van der Waals surface area (Å²) < 4.78 is 10.3. The summed E-state index contributed by atoms with van der Waals surface area (Å²) in [6.07, 6.45) is 2.63. The Bertz CT molecular complexity index is 179. The lowest BCUT2D eigenvalue weighted by atomic mass is 10.1. The Labute approximate surface area is 91.3 Å². The van der Waals surface area contributed by atoms with Gasteiger partial charge in [0, 0.05) is 13.0 Å². The lowest BCUT2D eigenvalue weighted by Crippen LogP contribution is -2.16. The van der Waals surface area contributed by atoms with Gasteiger partial charge in [-0.15, -0.1) is 0 Å². The predicted octanol–water partition coefficient (Wildman–Crippen LogP) is 0.956. The van der Waals surface area contributed by atoms with Gasteiger partial charge < -0.3 is 14.8 Å². The second-order valence-corrected chi connectivity index (χ2v) is 3.90. The first-order valence-corrected chi connectivity index (χ1v) is 5.77. The Kier molecular flexibility index (Phi) is 6.36. The molecule has 0 aromatic rings. The first kappa shape index (κ1) is 12.5. The van der Waals surface area contributed by atoms with Crippen LogP contribution >= 0.6 is 0 Å². The molecular formula is C11H21NO3. The second-order valence-electron chi connectivity index (χ2n) is 3.90. The van der Waals surface area contributed by atoms with Gasteiger partial charge in [-0.05, 0) is 31.8 Å². The SMILES string of the molecule is CCCOCCOC(=O)CC1CCNC1. The highest BCUT2D eigenvalue weighted by atomic mass is 16.6. The van der Waals surface area contributed by atoms with E-state index in [9.17, 15) is 4.79 Å². The maximum absolute atomic E-state index is 11.3. The summed E-state index contributed by atoms with van der Waals surface area (Å²) in [5.74, 6) is 0.373. The van der Waals surface area contributed by atoms with Crippen LogP contribution in [-0.2, 0) is 14.3 Å². The molecule has 1 atom stereocenters. The van der Waals surface area contributed by atoms with Gasteiger partial charge >= 0.3 is 5.97 Å². The maximum Gasteiger partial charge on any atom is 0.306 e. The van der Waals surface area contributed by atoms with E-state index in [2.05, 4.69) is 12.2 Å². The number of ether oxygens (including phenoxy) is 2. The number of hydrogen-bond acceptors (Lipinski definition) is 4. The quantitative estimate of drug-likeness (QED) is 0.507. The van der Waals surface area contributed by atoms with Crippen LogP contribution in [-0.4, -0.2) is 38.9 Å². The van der Waals surface area contributed by atoms with Crippen LogP contribution in [0.3, 0.4) is 0 Å². The van der Waals surface area contributed by atoms with Gasteiger partial charge in [-0.1, -0.05) is 6.92 Å². The highest BCUT2D eigenvalue weighted by Crippen LogP contribution is 2.12. The van der Waals surface area contributed by atoms with Crippen LogP contribution in [0, 0.1) is 5.92 Å². The molecule has 1 fully saturated rings. The number of carbonyl (C=O) groups excluding carboxylic acids is 1. The molecule has 15 heavy (non-hydrogen) atoms. The Morgan fingerprint density at radius 1 is 1.40 bits per heavy atom. The second kappa shape index (κ2) is 7.65. The van der Waals surface area contributed by atoms with Crippen LogP contribution in [0.5, 0.6) is 0 Å². The maximum atomic E-state index is 11.3. The summed E-state index contributed by atoms with van der Waals surface area (Å²) in [6.45, 7) is 5.67. The summed E-state index contributed by atoms with van der Waals surface area (Å²) in [5, 5.41) is 3.23. The van der Waals surface area contributed by atoms with E-state index >= 15 is 0 Å². The molecule has 0 aromatic heterocycles. The molecule has 88 valence electrons. The van der Waals surface area contributed by atoms with Crippen molar-refractivity contribution in [3.05, 3.63) is 0 Å². The average molecular weight is 215 g/mol. The van der Waals surface area contributed by atoms with E-state index in [0.717, 1.165) is 32.5 Å². The minimum atomic E-state index is -0.0937. The van der Waals surface area contributed by atoms with Crippen molar-refractivity contribution in [3.63, 3.8) is 0 Å². The molecule has 1 aliphatic rings. The van der Waals surface area contributed by atoms with Gasteiger partial charge in [0.15, 0.2) is 0 Å². The first-order valence-electron chi connectivity index (χ1n) is 5.77. The lowest BCUT2D eigenvalue weighted by molar-refractivity contribution is -0.146. The number of rotatable bonds is 7. The van der Waals surface area contributed by atoms with Crippen LogP contribution in [0.25, 0.3) is 0 Å². The predicted molar refractivity (Wildman–Crippen MR) is 57.7 cm³/mol. The molecule has 0 aromatic carbocycles. The summed E-state index contributed by atoms with van der Waals surface area (Å²) in [5.41, 5.74) is 0. The third-order valence-corrected chi connectivity index (χ3v) is 2.46. The van der Waals surface area contributed by atoms with Crippen molar-refractivity contribution in [1.82, 2.24) is 5.32 Å². The molecule has 0 spiro atoms. The average Bonchev–Trinajstić information content (AvgIpc) is 2.70. The summed E-state index contributed by atoms with van der Waals surface area (Å²) in [7, 11) is 0. The molecule has 4 heteroatoms. The van der Waals surface area contributed by atoms with E-state index in [-0.39, 0.29) is 5.97 Å². The fourth-order valence-corrected chi connectivity index (χ4v) is 1.64. The van der Waals surface area contributed by atoms with E-state index in [4.69, 9.17) is 9.47 Å². The fraction of sp³-hybridized carbons (Fsp3) is 0.909. The van der Waals surface area contributed by atoms with E-state index in [0.29, 0.717) is 25.6 Å². The standard InChI is InChI=1S/C11H21NO3/c1-2-5-14-6-7-15-11(13)8-10-3-4-12-9-10/h10,12H,2-9H2,1H3. The van der Waals surface area contributed by atoms with Gasteiger partial charge in [0.25, 0.3) is 0 Å². The van der Waals surface area contributed by atoms with E-state index in [1.165, 1.54) is 0 Å². The van der Waals surface area contributed by atoms with Crippen LogP contribution in [0.2, 0.25) is 0 Å². The summed E-state index contributed by atoms with van der Waals surface area (Å²) >= 11 is 0. The zero-order chi connectivity index (χ0) is 10.9. The monoisotopic (exact) mass is 215 g/mol. The number of nitrogens with one attached hydrogen (secondary N) is 1. The number of esters is 1. The van der Waals surface area contributed by atoms with Gasteiger partial charge in [-0.25, -0.2) is 0 Å². The molecule has 1 N–H and O–H groups in total. The van der Waals surface area contributed by atoms with Crippen molar-refractivity contribution < 1.29 is 14.3 Å². The van der Waals surface area contributed by atoms with Crippen molar-refractivity contribution >= 4 is 5.97 Å². The van der Waals surface area contributed by atoms with Crippen LogP contribution in [0.15, 0.2) is 0 Å². The van der Waals surface area contributed by atoms with Crippen molar-refractivity contribution in [3.8, 4) is 0 Å². The largest absolute Gasteiger partial charge is 0.463 e. The molecule has 1 saturated heterocycles. The summed E-state index contributed by atoms with van der Waals surface area (Å²) in [4.78, 5) is 11.3. The topological polar surface area (TPSA) is 47.6 Å². The molecule has 0 amide bonds. The number of hydrogen-bond donors (Lipinski definition) is 1. The molecule has 0 aliphatic carbocycles. The third-order valence-electron chi connectivity index (χ3n) is 2.46. The molecule has 4 nitrogen and oxygen atoms in total. The minimum Gasteiger partial charge on any atom is -0.463 e. The summed E-state index contributed by atoms with van der Waals surface area (Å²) in [6, 6.07) is 0. The molecule has 1 unspecified atom stereocenters. The zero-order valence-electron chi connectivity index (χ0n) is 9.46. The Morgan fingerprint density at radius 3 is 2.93 bits per heavy atom. The van der Waals surface area contributed by atoms with Crippen LogP contribution in [0.1, 0.15) is 26.2 Å². The molecule has 1 rings (SSSR count). The first-order chi connectivity index (χ1) is 7.33. The molecule has 1 aliphatic heterocycles. The third kappa shape index (κ3) is 5.74. The Morgan fingerprint density at radius 2 is 2.27 bits per heavy atom. The molecule has 1 heterocycles. The van der Waals surface area contributed by atoms with Gasteiger partial charge in [0.2, 0.25) is 0 Å². The highest BCUT2D eigenvalue weighted by molar-refractivity contribution is 5.69. The van der Waals surface area contributed by atoms with Crippen molar-refractivity contribution in [2.45, 2.75) is 26.2 Å². The molecule has 0 radical (unpaired) electrons. The molecule has 0 bridgehead atoms. The van der Waals surface area contributed by atoms with Gasteiger partial charge in [-0.3, -0.25) is 4.79 Å². The highest BCUT2D eigenvalue weighted by Gasteiger charge is 2.18. The van der Waals surface area contributed by atoms with Crippen molar-refractivity contribution in [2.75, 3.05) is 32.9 Å². The number of carbonyl (C=O) groups is 1. The van der Waals surface area contributed by atoms with Gasteiger partial charge in [0.1, 0.15) is 6.61 Å². The molecular weight excluding hydrogens is 194 g/mol. The van der Waals surface area contributed by atoms with E-state index < -0.39 is 0 Å². The van der Waals surface area contributed by atoms with E-state index in [1.807, 2.05) is 0 Å². The van der Waals surface area contributed by atoms with Gasteiger partial charge in [0.05, 0.1) is 6.61 Å². The van der Waals surface area contributed by atoms with E-state index in [1.54, 1.807) is 0 Å². The zero-order valence-corrected chi connectivity index (χ0v) is 9.46. The molecule has 0 saturated carbocycles. The fourth-order valence-electron chi connectivity index (χ4n) is 1.64.